The molecule has 0 saturated heterocycles. The Kier molecular flexibility index (Phi) is 5.38. The van der Waals surface area contributed by atoms with E-state index in [9.17, 15) is 4.79 Å². The van der Waals surface area contributed by atoms with Gasteiger partial charge in [-0.2, -0.15) is 10.2 Å². The first-order valence-corrected chi connectivity index (χ1v) is 8.38. The predicted octanol–water partition coefficient (Wildman–Crippen LogP) is 3.58. The molecular formula is C18H16N4O2S. The second kappa shape index (κ2) is 8.07. The van der Waals surface area contributed by atoms with Crippen LogP contribution in [0.15, 0.2) is 59.0 Å². The van der Waals surface area contributed by atoms with Crippen molar-refractivity contribution in [2.45, 2.75) is 0 Å². The van der Waals surface area contributed by atoms with Crippen molar-refractivity contribution in [3.63, 3.8) is 0 Å². The van der Waals surface area contributed by atoms with E-state index in [1.165, 1.54) is 6.21 Å². The number of allylic oxidation sites excluding steroid dienone is 1. The van der Waals surface area contributed by atoms with Gasteiger partial charge in [-0.15, -0.1) is 11.3 Å². The summed E-state index contributed by atoms with van der Waals surface area (Å²) in [5.74, 6) is 0.398. The molecule has 0 bridgehead atoms. The third-order valence-corrected chi connectivity index (χ3v) is 4.24. The number of ether oxygens (including phenoxy) is 1. The molecule has 1 aromatic carbocycles. The number of amides is 1. The highest BCUT2D eigenvalue weighted by atomic mass is 32.1. The smallest absolute Gasteiger partial charge is 0.291 e. The molecular weight excluding hydrogens is 336 g/mol. The highest BCUT2D eigenvalue weighted by molar-refractivity contribution is 7.13. The predicted molar refractivity (Wildman–Crippen MR) is 99.9 cm³/mol. The van der Waals surface area contributed by atoms with Gasteiger partial charge in [-0.3, -0.25) is 9.89 Å². The van der Waals surface area contributed by atoms with E-state index in [0.717, 1.165) is 21.9 Å². The van der Waals surface area contributed by atoms with Gasteiger partial charge >= 0.3 is 0 Å². The van der Waals surface area contributed by atoms with Gasteiger partial charge in [0.1, 0.15) is 5.75 Å². The summed E-state index contributed by atoms with van der Waals surface area (Å²) >= 11 is 1.57. The lowest BCUT2D eigenvalue weighted by molar-refractivity contribution is 0.0950. The maximum atomic E-state index is 12.0. The summed E-state index contributed by atoms with van der Waals surface area (Å²) in [6.45, 7) is 0. The number of benzene rings is 1. The minimum atomic E-state index is -0.374. The van der Waals surface area contributed by atoms with Crippen molar-refractivity contribution in [1.29, 1.82) is 0 Å². The minimum absolute atomic E-state index is 0.286. The van der Waals surface area contributed by atoms with E-state index in [4.69, 9.17) is 4.74 Å². The monoisotopic (exact) mass is 352 g/mol. The van der Waals surface area contributed by atoms with Crippen LogP contribution in [-0.2, 0) is 0 Å². The number of H-pyrrole nitrogens is 1. The number of thiophene rings is 1. The Balaban J connectivity index is 1.57. The van der Waals surface area contributed by atoms with Crippen molar-refractivity contribution >= 4 is 29.5 Å². The molecule has 0 aliphatic rings. The molecule has 0 unspecified atom stereocenters. The number of aromatic nitrogens is 2. The summed E-state index contributed by atoms with van der Waals surface area (Å²) in [7, 11) is 1.62. The van der Waals surface area contributed by atoms with Crippen LogP contribution in [0.2, 0.25) is 0 Å². The molecule has 0 spiro atoms. The van der Waals surface area contributed by atoms with Gasteiger partial charge in [-0.1, -0.05) is 24.3 Å². The van der Waals surface area contributed by atoms with Gasteiger partial charge in [0.05, 0.1) is 17.7 Å². The third-order valence-electron chi connectivity index (χ3n) is 3.34. The molecule has 0 aliphatic heterocycles. The van der Waals surface area contributed by atoms with Crippen molar-refractivity contribution in [3.8, 4) is 16.3 Å². The molecule has 6 nitrogen and oxygen atoms in total. The topological polar surface area (TPSA) is 79.4 Å². The van der Waals surface area contributed by atoms with Crippen molar-refractivity contribution in [2.75, 3.05) is 7.11 Å². The fourth-order valence-corrected chi connectivity index (χ4v) is 2.84. The zero-order valence-electron chi connectivity index (χ0n) is 13.5. The number of carbonyl (C=O) groups is 1. The number of methoxy groups -OCH3 is 1. The summed E-state index contributed by atoms with van der Waals surface area (Å²) < 4.78 is 5.25. The maximum Gasteiger partial charge on any atom is 0.291 e. The maximum absolute atomic E-state index is 12.0. The molecule has 3 rings (SSSR count). The molecule has 0 radical (unpaired) electrons. The van der Waals surface area contributed by atoms with Crippen LogP contribution in [0.5, 0.6) is 5.75 Å². The Labute approximate surface area is 148 Å². The lowest BCUT2D eigenvalue weighted by Crippen LogP contribution is -2.17. The molecule has 2 N–H and O–H groups in total. The Morgan fingerprint density at radius 1 is 1.32 bits per heavy atom. The third kappa shape index (κ3) is 4.21. The molecule has 2 aromatic heterocycles. The largest absolute Gasteiger partial charge is 0.496 e. The number of nitrogens with zero attached hydrogens (tertiary/aromatic N) is 2. The normalized spacial score (nSPS) is 11.2. The summed E-state index contributed by atoms with van der Waals surface area (Å²) in [4.78, 5) is 13.0. The van der Waals surface area contributed by atoms with E-state index in [1.807, 2.05) is 47.9 Å². The van der Waals surface area contributed by atoms with Gasteiger partial charge < -0.3 is 4.74 Å². The van der Waals surface area contributed by atoms with Crippen molar-refractivity contribution in [2.24, 2.45) is 5.10 Å². The highest BCUT2D eigenvalue weighted by Gasteiger charge is 2.10. The van der Waals surface area contributed by atoms with Crippen molar-refractivity contribution in [1.82, 2.24) is 15.6 Å². The second-order valence-corrected chi connectivity index (χ2v) is 5.91. The lowest BCUT2D eigenvalue weighted by Gasteiger charge is -2.02. The van der Waals surface area contributed by atoms with Crippen LogP contribution in [-0.4, -0.2) is 29.4 Å². The number of rotatable bonds is 6. The Bertz CT molecular complexity index is 897. The number of nitrogens with one attached hydrogen (secondary N) is 2. The fourth-order valence-electron chi connectivity index (χ4n) is 2.14. The summed E-state index contributed by atoms with van der Waals surface area (Å²) in [5.41, 5.74) is 4.46. The molecule has 25 heavy (non-hydrogen) atoms. The molecule has 126 valence electrons. The van der Waals surface area contributed by atoms with E-state index in [0.29, 0.717) is 0 Å². The molecule has 2 heterocycles. The molecule has 1 amide bonds. The number of hydrazone groups is 1. The number of carbonyl (C=O) groups excluding carboxylic acids is 1. The average molecular weight is 352 g/mol. The van der Waals surface area contributed by atoms with Gasteiger partial charge in [0.25, 0.3) is 5.91 Å². The fraction of sp³-hybridized carbons (Fsp3) is 0.0556. The van der Waals surface area contributed by atoms with Crippen molar-refractivity contribution in [3.05, 3.63) is 65.2 Å². The number of aromatic amines is 1. The van der Waals surface area contributed by atoms with E-state index in [-0.39, 0.29) is 11.6 Å². The SMILES string of the molecule is COc1ccccc1/C=C/C=N\NC(=O)c1cc(-c2cccs2)[nH]n1. The van der Waals surface area contributed by atoms with Crippen LogP contribution in [0.25, 0.3) is 16.6 Å². The lowest BCUT2D eigenvalue weighted by atomic mass is 10.2. The van der Waals surface area contributed by atoms with E-state index in [2.05, 4.69) is 20.7 Å². The molecule has 0 fully saturated rings. The Hall–Kier alpha value is -3.19. The molecule has 3 aromatic rings. The van der Waals surface area contributed by atoms with Gasteiger partial charge in [-0.25, -0.2) is 5.43 Å². The molecule has 0 atom stereocenters. The van der Waals surface area contributed by atoms with Crippen LogP contribution in [0.4, 0.5) is 0 Å². The van der Waals surface area contributed by atoms with Crippen molar-refractivity contribution < 1.29 is 9.53 Å². The van der Waals surface area contributed by atoms with Crippen LogP contribution in [0.1, 0.15) is 16.1 Å². The van der Waals surface area contributed by atoms with Gasteiger partial charge in [0.15, 0.2) is 5.69 Å². The van der Waals surface area contributed by atoms with Gasteiger partial charge in [-0.05, 0) is 35.7 Å². The summed E-state index contributed by atoms with van der Waals surface area (Å²) in [6, 6.07) is 13.2. The van der Waals surface area contributed by atoms with E-state index in [1.54, 1.807) is 30.6 Å². The molecule has 0 aliphatic carbocycles. The number of hydrogen-bond acceptors (Lipinski definition) is 5. The molecule has 0 saturated carbocycles. The summed E-state index contributed by atoms with van der Waals surface area (Å²) in [5, 5.41) is 12.7. The number of para-hydroxylation sites is 1. The van der Waals surface area contributed by atoms with E-state index < -0.39 is 0 Å². The van der Waals surface area contributed by atoms with Crippen LogP contribution >= 0.6 is 11.3 Å². The Morgan fingerprint density at radius 3 is 3.00 bits per heavy atom. The summed E-state index contributed by atoms with van der Waals surface area (Å²) in [6.07, 6.45) is 5.06. The number of hydrogen-bond donors (Lipinski definition) is 2. The van der Waals surface area contributed by atoms with Crippen LogP contribution in [0.3, 0.4) is 0 Å². The first kappa shape index (κ1) is 16.7. The zero-order valence-corrected chi connectivity index (χ0v) is 14.3. The Morgan fingerprint density at radius 2 is 2.20 bits per heavy atom. The highest BCUT2D eigenvalue weighted by Crippen LogP contribution is 2.22. The van der Waals surface area contributed by atoms with E-state index >= 15 is 0 Å². The first-order valence-electron chi connectivity index (χ1n) is 7.50. The second-order valence-electron chi connectivity index (χ2n) is 4.96. The minimum Gasteiger partial charge on any atom is -0.496 e. The standard InChI is InChI=1S/C18H16N4O2S/c1-24-16-8-3-2-6-13(16)7-4-10-19-22-18(23)15-12-14(20-21-15)17-9-5-11-25-17/h2-12H,1H3,(H,20,21)(H,22,23)/b7-4+,19-10-. The first-order chi connectivity index (χ1) is 12.3. The van der Waals surface area contributed by atoms with Crippen LogP contribution < -0.4 is 10.2 Å². The van der Waals surface area contributed by atoms with Gasteiger partial charge in [0.2, 0.25) is 0 Å². The average Bonchev–Trinajstić information content (AvgIpc) is 3.33. The van der Waals surface area contributed by atoms with Gasteiger partial charge in [0, 0.05) is 11.8 Å². The van der Waals surface area contributed by atoms with Crippen LogP contribution in [0, 0.1) is 0 Å². The zero-order chi connectivity index (χ0) is 17.5. The quantitative estimate of drug-likeness (QED) is 0.526. The molecule has 7 heteroatoms.